The van der Waals surface area contributed by atoms with Crippen molar-refractivity contribution < 1.29 is 9.59 Å². The van der Waals surface area contributed by atoms with Gasteiger partial charge in [-0.3, -0.25) is 14.6 Å². The molecule has 102 valence electrons. The summed E-state index contributed by atoms with van der Waals surface area (Å²) in [6.07, 6.45) is 3.15. The molecule has 1 fully saturated rings. The number of nitrogens with one attached hydrogen (secondary N) is 1. The molecule has 1 aliphatic rings. The molecule has 1 aliphatic heterocycles. The fraction of sp³-hybridized carbons (Fsp3) is 0.462. The zero-order chi connectivity index (χ0) is 13.8. The van der Waals surface area contributed by atoms with Crippen molar-refractivity contribution in [2.24, 2.45) is 0 Å². The Hall–Kier alpha value is -1.95. The lowest BCUT2D eigenvalue weighted by molar-refractivity contribution is -0.126. The molecule has 1 saturated heterocycles. The van der Waals surface area contributed by atoms with E-state index in [1.807, 2.05) is 11.9 Å². The predicted octanol–water partition coefficient (Wildman–Crippen LogP) is -0.416. The summed E-state index contributed by atoms with van der Waals surface area (Å²) in [7, 11) is 3.53. The maximum atomic E-state index is 12.4. The van der Waals surface area contributed by atoms with Gasteiger partial charge in [0.15, 0.2) is 0 Å². The van der Waals surface area contributed by atoms with E-state index in [-0.39, 0.29) is 11.8 Å². The van der Waals surface area contributed by atoms with Crippen molar-refractivity contribution >= 4 is 11.8 Å². The van der Waals surface area contributed by atoms with Crippen LogP contribution in [0.2, 0.25) is 0 Å². The average molecular weight is 262 g/mol. The van der Waals surface area contributed by atoms with Gasteiger partial charge < -0.3 is 15.1 Å². The third kappa shape index (κ3) is 2.90. The van der Waals surface area contributed by atoms with E-state index in [4.69, 9.17) is 0 Å². The summed E-state index contributed by atoms with van der Waals surface area (Å²) in [5.41, 5.74) is 0.515. The zero-order valence-electron chi connectivity index (χ0n) is 11.2. The van der Waals surface area contributed by atoms with Crippen LogP contribution >= 0.6 is 0 Å². The van der Waals surface area contributed by atoms with Crippen LogP contribution in [0.15, 0.2) is 24.5 Å². The van der Waals surface area contributed by atoms with E-state index < -0.39 is 6.04 Å². The molecule has 0 aromatic carbocycles. The molecule has 0 saturated carbocycles. The first-order valence-corrected chi connectivity index (χ1v) is 6.24. The first-order valence-electron chi connectivity index (χ1n) is 6.24. The van der Waals surface area contributed by atoms with Crippen LogP contribution in [0, 0.1) is 0 Å². The largest absolute Gasteiger partial charge is 0.357 e. The Morgan fingerprint density at radius 3 is 2.84 bits per heavy atom. The molecule has 1 aromatic heterocycles. The number of piperazine rings is 1. The van der Waals surface area contributed by atoms with Gasteiger partial charge in [0.25, 0.3) is 5.91 Å². The zero-order valence-corrected chi connectivity index (χ0v) is 11.2. The number of pyridine rings is 1. The van der Waals surface area contributed by atoms with E-state index in [0.717, 1.165) is 6.54 Å². The van der Waals surface area contributed by atoms with E-state index in [1.54, 1.807) is 30.3 Å². The molecular weight excluding hydrogens is 244 g/mol. The van der Waals surface area contributed by atoms with Crippen molar-refractivity contribution in [3.8, 4) is 0 Å². The van der Waals surface area contributed by atoms with Gasteiger partial charge in [-0.25, -0.2) is 0 Å². The summed E-state index contributed by atoms with van der Waals surface area (Å²) in [5.74, 6) is -0.279. The number of hydrogen-bond acceptors (Lipinski definition) is 4. The normalized spacial score (nSPS) is 20.1. The molecule has 2 heterocycles. The maximum absolute atomic E-state index is 12.4. The predicted molar refractivity (Wildman–Crippen MR) is 70.6 cm³/mol. The van der Waals surface area contributed by atoms with Crippen LogP contribution in [0.1, 0.15) is 10.4 Å². The lowest BCUT2D eigenvalue weighted by atomic mass is 10.1. The Bertz CT molecular complexity index is 463. The molecule has 1 aromatic rings. The van der Waals surface area contributed by atoms with E-state index in [0.29, 0.717) is 18.7 Å². The number of hydrogen-bond donors (Lipinski definition) is 1. The monoisotopic (exact) mass is 262 g/mol. The van der Waals surface area contributed by atoms with Crippen LogP contribution in [0.25, 0.3) is 0 Å². The molecule has 1 N–H and O–H groups in total. The van der Waals surface area contributed by atoms with Crippen molar-refractivity contribution in [1.82, 2.24) is 20.1 Å². The van der Waals surface area contributed by atoms with Gasteiger partial charge in [-0.15, -0.1) is 0 Å². The second kappa shape index (κ2) is 5.79. The highest BCUT2D eigenvalue weighted by atomic mass is 16.2. The van der Waals surface area contributed by atoms with Gasteiger partial charge in [0.1, 0.15) is 6.04 Å². The highest BCUT2D eigenvalue weighted by Crippen LogP contribution is 2.13. The number of aromatic nitrogens is 1. The summed E-state index contributed by atoms with van der Waals surface area (Å²) >= 11 is 0. The summed E-state index contributed by atoms with van der Waals surface area (Å²) in [4.78, 5) is 32.0. The molecule has 0 aliphatic carbocycles. The summed E-state index contributed by atoms with van der Waals surface area (Å²) in [5, 5.41) is 2.62. The van der Waals surface area contributed by atoms with Crippen molar-refractivity contribution in [3.63, 3.8) is 0 Å². The quantitative estimate of drug-likeness (QED) is 0.786. The lowest BCUT2D eigenvalue weighted by Crippen LogP contribution is -2.59. The molecule has 6 heteroatoms. The van der Waals surface area contributed by atoms with Gasteiger partial charge in [-0.05, 0) is 19.2 Å². The van der Waals surface area contributed by atoms with Crippen LogP contribution < -0.4 is 5.32 Å². The first-order chi connectivity index (χ1) is 9.13. The minimum absolute atomic E-state index is 0.135. The Morgan fingerprint density at radius 1 is 1.42 bits per heavy atom. The van der Waals surface area contributed by atoms with Gasteiger partial charge in [0.2, 0.25) is 5.91 Å². The third-order valence-electron chi connectivity index (χ3n) is 3.30. The second-order valence-electron chi connectivity index (χ2n) is 4.63. The molecule has 1 atom stereocenters. The van der Waals surface area contributed by atoms with Crippen molar-refractivity contribution in [3.05, 3.63) is 30.1 Å². The number of carbonyl (C=O) groups is 2. The number of likely N-dealkylation sites (N-methyl/N-ethyl adjacent to an activating group) is 2. The fourth-order valence-electron chi connectivity index (χ4n) is 2.21. The molecule has 2 amide bonds. The molecule has 0 spiro atoms. The summed E-state index contributed by atoms with van der Waals surface area (Å²) in [6.45, 7) is 1.85. The first kappa shape index (κ1) is 13.5. The SMILES string of the molecule is CNC(=O)[C@H]1CN(C)CCN1C(=O)c1cccnc1. The van der Waals surface area contributed by atoms with Gasteiger partial charge in [-0.2, -0.15) is 0 Å². The molecular formula is C13H18N4O2. The molecule has 2 rings (SSSR count). The van der Waals surface area contributed by atoms with E-state index >= 15 is 0 Å². The highest BCUT2D eigenvalue weighted by molar-refractivity contribution is 5.97. The second-order valence-corrected chi connectivity index (χ2v) is 4.63. The molecule has 6 nitrogen and oxygen atoms in total. The van der Waals surface area contributed by atoms with E-state index in [1.165, 1.54) is 6.20 Å². The Kier molecular flexibility index (Phi) is 4.11. The molecule has 0 radical (unpaired) electrons. The lowest BCUT2D eigenvalue weighted by Gasteiger charge is -2.38. The summed E-state index contributed by atoms with van der Waals surface area (Å²) in [6, 6.07) is 2.99. The Labute approximate surface area is 112 Å². The van der Waals surface area contributed by atoms with Gasteiger partial charge in [0.05, 0.1) is 5.56 Å². The molecule has 0 unspecified atom stereocenters. The van der Waals surface area contributed by atoms with Crippen LogP contribution in [0.4, 0.5) is 0 Å². The van der Waals surface area contributed by atoms with E-state index in [2.05, 4.69) is 10.3 Å². The topological polar surface area (TPSA) is 65.5 Å². The number of nitrogens with zero attached hydrogens (tertiary/aromatic N) is 3. The highest BCUT2D eigenvalue weighted by Gasteiger charge is 2.34. The Balaban J connectivity index is 2.21. The fourth-order valence-corrected chi connectivity index (χ4v) is 2.21. The van der Waals surface area contributed by atoms with Crippen molar-refractivity contribution in [2.75, 3.05) is 33.7 Å². The maximum Gasteiger partial charge on any atom is 0.256 e. The van der Waals surface area contributed by atoms with Crippen LogP contribution in [-0.4, -0.2) is 66.4 Å². The Morgan fingerprint density at radius 2 is 2.21 bits per heavy atom. The van der Waals surface area contributed by atoms with Crippen molar-refractivity contribution in [1.29, 1.82) is 0 Å². The molecule has 0 bridgehead atoms. The standard InChI is InChI=1S/C13H18N4O2/c1-14-12(18)11-9-16(2)6-7-17(11)13(19)10-4-3-5-15-8-10/h3-5,8,11H,6-7,9H2,1-2H3,(H,14,18)/t11-/m1/s1. The minimum Gasteiger partial charge on any atom is -0.357 e. The van der Waals surface area contributed by atoms with Crippen LogP contribution in [-0.2, 0) is 4.79 Å². The molecule has 19 heavy (non-hydrogen) atoms. The average Bonchev–Trinajstić information content (AvgIpc) is 2.46. The summed E-state index contributed by atoms with van der Waals surface area (Å²) < 4.78 is 0. The minimum atomic E-state index is -0.448. The van der Waals surface area contributed by atoms with Gasteiger partial charge >= 0.3 is 0 Å². The number of amides is 2. The van der Waals surface area contributed by atoms with Crippen LogP contribution in [0.5, 0.6) is 0 Å². The smallest absolute Gasteiger partial charge is 0.256 e. The number of carbonyl (C=O) groups excluding carboxylic acids is 2. The van der Waals surface area contributed by atoms with Crippen molar-refractivity contribution in [2.45, 2.75) is 6.04 Å². The van der Waals surface area contributed by atoms with Gasteiger partial charge in [-0.1, -0.05) is 0 Å². The van der Waals surface area contributed by atoms with Crippen LogP contribution in [0.3, 0.4) is 0 Å². The van der Waals surface area contributed by atoms with E-state index in [9.17, 15) is 9.59 Å². The van der Waals surface area contributed by atoms with Gasteiger partial charge in [0, 0.05) is 39.1 Å². The number of rotatable bonds is 2. The third-order valence-corrected chi connectivity index (χ3v) is 3.30.